The van der Waals surface area contributed by atoms with Crippen LogP contribution in [-0.2, 0) is 0 Å². The summed E-state index contributed by atoms with van der Waals surface area (Å²) >= 11 is 3.54. The number of β-amino-alcohol motifs (C(OH)–C–C–N with tert-alkyl or cyclic N) is 1. The van der Waals surface area contributed by atoms with Crippen LogP contribution in [0.2, 0.25) is 0 Å². The second kappa shape index (κ2) is 7.03. The highest BCUT2D eigenvalue weighted by Gasteiger charge is 2.32. The van der Waals surface area contributed by atoms with E-state index in [1.807, 2.05) is 6.07 Å². The van der Waals surface area contributed by atoms with Crippen LogP contribution in [0.5, 0.6) is 0 Å². The van der Waals surface area contributed by atoms with Crippen LogP contribution in [0, 0.1) is 5.92 Å². The Kier molecular flexibility index (Phi) is 5.61. The number of piperidine rings is 1. The molecule has 4 atom stereocenters. The Morgan fingerprint density at radius 3 is 2.85 bits per heavy atom. The molecule has 0 amide bonds. The van der Waals surface area contributed by atoms with Crippen molar-refractivity contribution >= 4 is 15.9 Å². The number of aliphatic hydroxyl groups excluding tert-OH is 1. The summed E-state index contributed by atoms with van der Waals surface area (Å²) in [5.74, 6) is 0.382. The number of likely N-dealkylation sites (tertiary alicyclic amines) is 1. The quantitative estimate of drug-likeness (QED) is 0.885. The van der Waals surface area contributed by atoms with Gasteiger partial charge in [0, 0.05) is 17.1 Å². The van der Waals surface area contributed by atoms with Gasteiger partial charge in [0.1, 0.15) is 0 Å². The highest BCUT2D eigenvalue weighted by molar-refractivity contribution is 9.10. The van der Waals surface area contributed by atoms with Crippen molar-refractivity contribution in [3.8, 4) is 0 Å². The molecule has 1 aliphatic heterocycles. The molecule has 0 aromatic heterocycles. The van der Waals surface area contributed by atoms with Gasteiger partial charge in [-0.25, -0.2) is 0 Å². The SMILES string of the molecule is CCC(N)C(c1cccc(Br)c1)N1CCC(C)C(O)C1. The van der Waals surface area contributed by atoms with Crippen LogP contribution >= 0.6 is 15.9 Å². The first-order valence-corrected chi connectivity index (χ1v) is 8.25. The van der Waals surface area contributed by atoms with E-state index in [1.165, 1.54) is 5.56 Å². The molecule has 3 N–H and O–H groups in total. The number of aliphatic hydroxyl groups is 1. The Morgan fingerprint density at radius 1 is 1.50 bits per heavy atom. The highest BCUT2D eigenvalue weighted by atomic mass is 79.9. The molecule has 4 unspecified atom stereocenters. The minimum absolute atomic E-state index is 0.0879. The lowest BCUT2D eigenvalue weighted by molar-refractivity contribution is 0.00395. The van der Waals surface area contributed by atoms with E-state index < -0.39 is 0 Å². The number of benzene rings is 1. The second-order valence-electron chi connectivity index (χ2n) is 5.90. The van der Waals surface area contributed by atoms with E-state index in [9.17, 15) is 5.11 Å². The number of rotatable bonds is 4. The van der Waals surface area contributed by atoms with Gasteiger partial charge in [0.25, 0.3) is 0 Å². The van der Waals surface area contributed by atoms with Gasteiger partial charge in [0.05, 0.1) is 12.1 Å². The van der Waals surface area contributed by atoms with Crippen molar-refractivity contribution in [2.45, 2.75) is 44.9 Å². The smallest absolute Gasteiger partial charge is 0.0693 e. The first-order valence-electron chi connectivity index (χ1n) is 7.46. The van der Waals surface area contributed by atoms with Crippen molar-refractivity contribution in [3.63, 3.8) is 0 Å². The highest BCUT2D eigenvalue weighted by Crippen LogP contribution is 2.31. The van der Waals surface area contributed by atoms with Crippen LogP contribution in [-0.4, -0.2) is 35.2 Å². The summed E-state index contributed by atoms with van der Waals surface area (Å²) in [5, 5.41) is 10.2. The maximum absolute atomic E-state index is 10.2. The van der Waals surface area contributed by atoms with Gasteiger partial charge in [0.2, 0.25) is 0 Å². The summed E-state index contributed by atoms with van der Waals surface area (Å²) in [4.78, 5) is 2.35. The van der Waals surface area contributed by atoms with Crippen molar-refractivity contribution in [2.75, 3.05) is 13.1 Å². The summed E-state index contributed by atoms with van der Waals surface area (Å²) in [5.41, 5.74) is 7.60. The molecule has 20 heavy (non-hydrogen) atoms. The number of hydrogen-bond acceptors (Lipinski definition) is 3. The molecule has 1 aromatic carbocycles. The fourth-order valence-corrected chi connectivity index (χ4v) is 3.39. The zero-order valence-electron chi connectivity index (χ0n) is 12.3. The van der Waals surface area contributed by atoms with Gasteiger partial charge >= 0.3 is 0 Å². The Bertz CT molecular complexity index is 440. The molecule has 2 rings (SSSR count). The topological polar surface area (TPSA) is 49.5 Å². The monoisotopic (exact) mass is 340 g/mol. The Labute approximate surface area is 130 Å². The summed E-state index contributed by atoms with van der Waals surface area (Å²) in [6, 6.07) is 8.63. The van der Waals surface area contributed by atoms with Crippen LogP contribution in [0.3, 0.4) is 0 Å². The lowest BCUT2D eigenvalue weighted by atomic mass is 9.90. The molecule has 1 heterocycles. The van der Waals surface area contributed by atoms with Crippen LogP contribution in [0.4, 0.5) is 0 Å². The van der Waals surface area contributed by atoms with E-state index in [1.54, 1.807) is 0 Å². The van der Waals surface area contributed by atoms with E-state index in [4.69, 9.17) is 5.73 Å². The molecule has 0 aliphatic carbocycles. The molecule has 1 fully saturated rings. The minimum atomic E-state index is -0.248. The summed E-state index contributed by atoms with van der Waals surface area (Å²) in [7, 11) is 0. The molecular formula is C16H25BrN2O. The van der Waals surface area contributed by atoms with E-state index in [0.717, 1.165) is 23.9 Å². The molecule has 112 valence electrons. The van der Waals surface area contributed by atoms with Crippen molar-refractivity contribution in [2.24, 2.45) is 11.7 Å². The van der Waals surface area contributed by atoms with Crippen LogP contribution < -0.4 is 5.73 Å². The maximum atomic E-state index is 10.2. The van der Waals surface area contributed by atoms with Gasteiger partial charge in [-0.05, 0) is 43.0 Å². The summed E-state index contributed by atoms with van der Waals surface area (Å²) in [6.45, 7) is 5.96. The fourth-order valence-electron chi connectivity index (χ4n) is 2.97. The van der Waals surface area contributed by atoms with Gasteiger partial charge in [-0.15, -0.1) is 0 Å². The van der Waals surface area contributed by atoms with Gasteiger partial charge in [-0.1, -0.05) is 41.9 Å². The van der Waals surface area contributed by atoms with Crippen molar-refractivity contribution in [3.05, 3.63) is 34.3 Å². The number of halogens is 1. The average molecular weight is 341 g/mol. The lowest BCUT2D eigenvalue weighted by Gasteiger charge is -2.41. The van der Waals surface area contributed by atoms with E-state index in [0.29, 0.717) is 12.5 Å². The Morgan fingerprint density at radius 2 is 2.25 bits per heavy atom. The summed E-state index contributed by atoms with van der Waals surface area (Å²) in [6.07, 6.45) is 1.71. The normalized spacial score (nSPS) is 27.2. The Hall–Kier alpha value is -0.420. The fraction of sp³-hybridized carbons (Fsp3) is 0.625. The average Bonchev–Trinajstić information content (AvgIpc) is 2.43. The molecule has 0 saturated carbocycles. The third-order valence-corrected chi connectivity index (χ3v) is 4.90. The second-order valence-corrected chi connectivity index (χ2v) is 6.82. The van der Waals surface area contributed by atoms with E-state index >= 15 is 0 Å². The number of nitrogens with zero attached hydrogens (tertiary/aromatic N) is 1. The third kappa shape index (κ3) is 3.61. The molecule has 0 radical (unpaired) electrons. The van der Waals surface area contributed by atoms with E-state index in [2.05, 4.69) is 52.9 Å². The van der Waals surface area contributed by atoms with Crippen molar-refractivity contribution in [1.82, 2.24) is 4.90 Å². The van der Waals surface area contributed by atoms with Crippen LogP contribution in [0.15, 0.2) is 28.7 Å². The van der Waals surface area contributed by atoms with Crippen molar-refractivity contribution < 1.29 is 5.11 Å². The largest absolute Gasteiger partial charge is 0.392 e. The van der Waals surface area contributed by atoms with Crippen molar-refractivity contribution in [1.29, 1.82) is 0 Å². The predicted molar refractivity (Wildman–Crippen MR) is 86.5 cm³/mol. The lowest BCUT2D eigenvalue weighted by Crippen LogP contribution is -2.49. The Balaban J connectivity index is 2.24. The molecule has 1 aromatic rings. The summed E-state index contributed by atoms with van der Waals surface area (Å²) < 4.78 is 1.08. The van der Waals surface area contributed by atoms with Gasteiger partial charge < -0.3 is 10.8 Å². The van der Waals surface area contributed by atoms with Crippen LogP contribution in [0.1, 0.15) is 38.3 Å². The number of hydrogen-bond donors (Lipinski definition) is 2. The van der Waals surface area contributed by atoms with Crippen LogP contribution in [0.25, 0.3) is 0 Å². The zero-order valence-corrected chi connectivity index (χ0v) is 13.9. The molecule has 4 heteroatoms. The standard InChI is InChI=1S/C16H25BrN2O/c1-3-14(18)16(12-5-4-6-13(17)9-12)19-8-7-11(2)15(20)10-19/h4-6,9,11,14-16,20H,3,7-8,10,18H2,1-2H3. The molecule has 0 spiro atoms. The molecular weight excluding hydrogens is 316 g/mol. The first-order chi connectivity index (χ1) is 9.52. The molecule has 1 aliphatic rings. The minimum Gasteiger partial charge on any atom is -0.392 e. The third-order valence-electron chi connectivity index (χ3n) is 4.41. The maximum Gasteiger partial charge on any atom is 0.0693 e. The molecule has 3 nitrogen and oxygen atoms in total. The van der Waals surface area contributed by atoms with E-state index in [-0.39, 0.29) is 18.2 Å². The number of nitrogens with two attached hydrogens (primary N) is 1. The predicted octanol–water partition coefficient (Wildman–Crippen LogP) is 2.93. The zero-order chi connectivity index (χ0) is 14.7. The molecule has 1 saturated heterocycles. The van der Waals surface area contributed by atoms with Gasteiger partial charge in [-0.2, -0.15) is 0 Å². The van der Waals surface area contributed by atoms with Gasteiger partial charge in [0.15, 0.2) is 0 Å². The first kappa shape index (κ1) is 16.0. The van der Waals surface area contributed by atoms with Gasteiger partial charge in [-0.3, -0.25) is 4.90 Å². The molecule has 0 bridgehead atoms.